The predicted molar refractivity (Wildman–Crippen MR) is 94.6 cm³/mol. The Morgan fingerprint density at radius 2 is 1.43 bits per heavy atom. The van der Waals surface area contributed by atoms with E-state index in [-0.39, 0.29) is 0 Å². The Labute approximate surface area is 135 Å². The average molecular weight is 299 g/mol. The molecule has 0 aliphatic carbocycles. The number of aromatic nitrogens is 1. The van der Waals surface area contributed by atoms with Crippen molar-refractivity contribution < 1.29 is 5.11 Å². The number of hydrogen-bond acceptors (Lipinski definition) is 1. The molecule has 0 aliphatic rings. The van der Waals surface area contributed by atoms with Crippen molar-refractivity contribution in [3.05, 3.63) is 90.5 Å². The normalized spacial score (nSPS) is 11.0. The van der Waals surface area contributed by atoms with E-state index in [9.17, 15) is 5.11 Å². The highest BCUT2D eigenvalue weighted by Crippen LogP contribution is 2.33. The van der Waals surface area contributed by atoms with Crippen molar-refractivity contribution in [2.45, 2.75) is 6.54 Å². The first-order valence-corrected chi connectivity index (χ1v) is 7.73. The molecule has 112 valence electrons. The Hall–Kier alpha value is -3.00. The minimum absolute atomic E-state index is 0.325. The molecule has 4 rings (SSSR count). The van der Waals surface area contributed by atoms with Crippen LogP contribution in [-0.2, 0) is 6.54 Å². The van der Waals surface area contributed by atoms with Gasteiger partial charge in [-0.2, -0.15) is 0 Å². The largest absolute Gasteiger partial charge is 0.507 e. The number of nitrogens with zero attached hydrogens (tertiary/aromatic N) is 1. The highest BCUT2D eigenvalue weighted by atomic mass is 16.3. The third-order valence-corrected chi connectivity index (χ3v) is 4.18. The molecule has 0 aliphatic heterocycles. The van der Waals surface area contributed by atoms with Gasteiger partial charge in [0.15, 0.2) is 0 Å². The molecule has 0 fully saturated rings. The maximum absolute atomic E-state index is 10.2. The van der Waals surface area contributed by atoms with Crippen LogP contribution in [0, 0.1) is 0 Å². The summed E-state index contributed by atoms with van der Waals surface area (Å²) in [6.45, 7) is 0.776. The lowest BCUT2D eigenvalue weighted by atomic mass is 10.1. The van der Waals surface area contributed by atoms with Crippen LogP contribution >= 0.6 is 0 Å². The first-order chi connectivity index (χ1) is 11.3. The Bertz CT molecular complexity index is 940. The van der Waals surface area contributed by atoms with E-state index in [1.807, 2.05) is 30.3 Å². The van der Waals surface area contributed by atoms with Gasteiger partial charge in [-0.1, -0.05) is 66.7 Å². The highest BCUT2D eigenvalue weighted by Gasteiger charge is 2.13. The lowest BCUT2D eigenvalue weighted by Gasteiger charge is -2.11. The minimum atomic E-state index is 0.325. The molecule has 0 saturated heterocycles. The van der Waals surface area contributed by atoms with Gasteiger partial charge in [0.05, 0.1) is 5.52 Å². The molecule has 0 radical (unpaired) electrons. The van der Waals surface area contributed by atoms with Crippen molar-refractivity contribution in [2.75, 3.05) is 0 Å². The molecule has 3 aromatic carbocycles. The van der Waals surface area contributed by atoms with E-state index in [0.717, 1.165) is 28.7 Å². The van der Waals surface area contributed by atoms with Gasteiger partial charge in [-0.3, -0.25) is 0 Å². The maximum Gasteiger partial charge on any atom is 0.124 e. The van der Waals surface area contributed by atoms with Crippen LogP contribution < -0.4 is 0 Å². The minimum Gasteiger partial charge on any atom is -0.507 e. The molecule has 0 spiro atoms. The first-order valence-electron chi connectivity index (χ1n) is 7.73. The summed E-state index contributed by atoms with van der Waals surface area (Å²) in [4.78, 5) is 0. The van der Waals surface area contributed by atoms with Crippen molar-refractivity contribution in [1.82, 2.24) is 4.57 Å². The topological polar surface area (TPSA) is 25.2 Å². The summed E-state index contributed by atoms with van der Waals surface area (Å²) >= 11 is 0. The molecule has 0 amide bonds. The molecule has 0 unspecified atom stereocenters. The lowest BCUT2D eigenvalue weighted by molar-refractivity contribution is 0.481. The number of aromatic hydroxyl groups is 1. The third kappa shape index (κ3) is 2.49. The van der Waals surface area contributed by atoms with Gasteiger partial charge >= 0.3 is 0 Å². The summed E-state index contributed by atoms with van der Waals surface area (Å²) < 4.78 is 2.26. The second-order valence-corrected chi connectivity index (χ2v) is 5.68. The summed E-state index contributed by atoms with van der Waals surface area (Å²) in [6.07, 6.45) is 0. The zero-order valence-corrected chi connectivity index (χ0v) is 12.7. The monoisotopic (exact) mass is 299 g/mol. The number of fused-ring (bicyclic) bond motifs is 1. The molecule has 1 heterocycles. The molecule has 2 heteroatoms. The average Bonchev–Trinajstić information content (AvgIpc) is 2.97. The zero-order chi connectivity index (χ0) is 15.6. The van der Waals surface area contributed by atoms with Crippen LogP contribution in [0.15, 0.2) is 84.9 Å². The van der Waals surface area contributed by atoms with Crippen molar-refractivity contribution in [1.29, 1.82) is 0 Å². The fourth-order valence-corrected chi connectivity index (χ4v) is 3.05. The molecule has 0 bridgehead atoms. The standard InChI is InChI=1S/C21H17NO/c23-21-13-7-12-19-18(21)14-20(17-10-5-2-6-11-17)22(19)15-16-8-3-1-4-9-16/h1-14,23H,15H2. The summed E-state index contributed by atoms with van der Waals surface area (Å²) in [6, 6.07) is 28.5. The van der Waals surface area contributed by atoms with Gasteiger partial charge in [0.25, 0.3) is 0 Å². The smallest absolute Gasteiger partial charge is 0.124 e. The molecule has 1 aromatic heterocycles. The van der Waals surface area contributed by atoms with E-state index in [0.29, 0.717) is 5.75 Å². The molecular weight excluding hydrogens is 282 g/mol. The second kappa shape index (κ2) is 5.65. The van der Waals surface area contributed by atoms with Crippen LogP contribution in [0.5, 0.6) is 5.75 Å². The molecule has 0 saturated carbocycles. The van der Waals surface area contributed by atoms with Gasteiger partial charge in [0.2, 0.25) is 0 Å². The maximum atomic E-state index is 10.2. The second-order valence-electron chi connectivity index (χ2n) is 5.68. The summed E-state index contributed by atoms with van der Waals surface area (Å²) in [5.41, 5.74) is 4.56. The van der Waals surface area contributed by atoms with Gasteiger partial charge in [-0.15, -0.1) is 0 Å². The molecule has 23 heavy (non-hydrogen) atoms. The van der Waals surface area contributed by atoms with Crippen LogP contribution in [0.2, 0.25) is 0 Å². The first kappa shape index (κ1) is 13.6. The SMILES string of the molecule is Oc1cccc2c1cc(-c1ccccc1)n2Cc1ccccc1. The van der Waals surface area contributed by atoms with E-state index in [1.54, 1.807) is 6.07 Å². The van der Waals surface area contributed by atoms with Gasteiger partial charge < -0.3 is 9.67 Å². The van der Waals surface area contributed by atoms with E-state index in [1.165, 1.54) is 5.56 Å². The summed E-state index contributed by atoms with van der Waals surface area (Å²) in [7, 11) is 0. The number of phenolic OH excluding ortho intramolecular Hbond substituents is 1. The van der Waals surface area contributed by atoms with E-state index >= 15 is 0 Å². The Morgan fingerprint density at radius 3 is 2.17 bits per heavy atom. The Kier molecular flexibility index (Phi) is 3.35. The molecular formula is C21H17NO. The van der Waals surface area contributed by atoms with Crippen molar-refractivity contribution in [3.8, 4) is 17.0 Å². The number of benzene rings is 3. The van der Waals surface area contributed by atoms with Crippen molar-refractivity contribution >= 4 is 10.9 Å². The fourth-order valence-electron chi connectivity index (χ4n) is 3.05. The van der Waals surface area contributed by atoms with Gasteiger partial charge in [0, 0.05) is 17.6 Å². The van der Waals surface area contributed by atoms with Gasteiger partial charge in [-0.25, -0.2) is 0 Å². The van der Waals surface area contributed by atoms with Crippen LogP contribution in [0.25, 0.3) is 22.2 Å². The van der Waals surface area contributed by atoms with E-state index in [4.69, 9.17) is 0 Å². The van der Waals surface area contributed by atoms with Crippen LogP contribution in [-0.4, -0.2) is 9.67 Å². The number of phenols is 1. The Balaban J connectivity index is 1.94. The number of rotatable bonds is 3. The summed E-state index contributed by atoms with van der Waals surface area (Å²) in [5.74, 6) is 0.325. The lowest BCUT2D eigenvalue weighted by Crippen LogP contribution is -2.01. The van der Waals surface area contributed by atoms with Gasteiger partial charge in [-0.05, 0) is 29.3 Å². The summed E-state index contributed by atoms with van der Waals surface area (Å²) in [5, 5.41) is 11.1. The molecule has 1 N–H and O–H groups in total. The van der Waals surface area contributed by atoms with Gasteiger partial charge in [0.1, 0.15) is 5.75 Å². The Morgan fingerprint density at radius 1 is 0.739 bits per heavy atom. The fraction of sp³-hybridized carbons (Fsp3) is 0.0476. The van der Waals surface area contributed by atoms with Crippen molar-refractivity contribution in [3.63, 3.8) is 0 Å². The zero-order valence-electron chi connectivity index (χ0n) is 12.7. The number of hydrogen-bond donors (Lipinski definition) is 1. The van der Waals surface area contributed by atoms with E-state index in [2.05, 4.69) is 53.1 Å². The quantitative estimate of drug-likeness (QED) is 0.562. The van der Waals surface area contributed by atoms with Crippen molar-refractivity contribution in [2.24, 2.45) is 0 Å². The highest BCUT2D eigenvalue weighted by molar-refractivity contribution is 5.91. The van der Waals surface area contributed by atoms with Crippen LogP contribution in [0.3, 0.4) is 0 Å². The molecule has 4 aromatic rings. The van der Waals surface area contributed by atoms with Crippen LogP contribution in [0.1, 0.15) is 5.56 Å². The predicted octanol–water partition coefficient (Wildman–Crippen LogP) is 5.06. The molecule has 2 nitrogen and oxygen atoms in total. The van der Waals surface area contributed by atoms with Crippen LogP contribution in [0.4, 0.5) is 0 Å². The molecule has 0 atom stereocenters. The third-order valence-electron chi connectivity index (χ3n) is 4.18. The van der Waals surface area contributed by atoms with E-state index < -0.39 is 0 Å².